The lowest BCUT2D eigenvalue weighted by atomic mass is 9.99. The number of hydrogen-bond acceptors (Lipinski definition) is 0. The SMILES string of the molecule is C=C.C=CCCc1ccccc1CCC=C. The van der Waals surface area contributed by atoms with Crippen molar-refractivity contribution in [3.8, 4) is 0 Å². The fraction of sp³-hybridized carbons (Fsp3) is 0.250. The quantitative estimate of drug-likeness (QED) is 0.601. The van der Waals surface area contributed by atoms with Gasteiger partial charge in [0.1, 0.15) is 0 Å². The molecule has 0 aliphatic rings. The topological polar surface area (TPSA) is 0 Å². The van der Waals surface area contributed by atoms with E-state index >= 15 is 0 Å². The van der Waals surface area contributed by atoms with Gasteiger partial charge in [0, 0.05) is 0 Å². The molecule has 1 rings (SSSR count). The highest BCUT2D eigenvalue weighted by Crippen LogP contribution is 2.13. The van der Waals surface area contributed by atoms with Crippen LogP contribution < -0.4 is 0 Å². The number of aryl methyl sites for hydroxylation is 2. The summed E-state index contributed by atoms with van der Waals surface area (Å²) in [6.07, 6.45) is 8.29. The molecule has 0 nitrogen and oxygen atoms in total. The Hall–Kier alpha value is -1.56. The maximum absolute atomic E-state index is 3.75. The van der Waals surface area contributed by atoms with Crippen LogP contribution in [0.5, 0.6) is 0 Å². The van der Waals surface area contributed by atoms with Gasteiger partial charge < -0.3 is 0 Å². The monoisotopic (exact) mass is 214 g/mol. The zero-order valence-corrected chi connectivity index (χ0v) is 10.1. The van der Waals surface area contributed by atoms with Crippen molar-refractivity contribution in [3.63, 3.8) is 0 Å². The molecule has 0 spiro atoms. The zero-order valence-electron chi connectivity index (χ0n) is 10.1. The largest absolute Gasteiger partial charge is 0.106 e. The molecule has 0 unspecified atom stereocenters. The summed E-state index contributed by atoms with van der Waals surface area (Å²) in [6, 6.07) is 8.63. The molecule has 0 aromatic heterocycles. The molecule has 0 atom stereocenters. The lowest BCUT2D eigenvalue weighted by Crippen LogP contribution is -1.93. The molecule has 0 aliphatic heterocycles. The van der Waals surface area contributed by atoms with Gasteiger partial charge in [0.15, 0.2) is 0 Å². The Morgan fingerprint density at radius 1 is 0.812 bits per heavy atom. The fourth-order valence-corrected chi connectivity index (χ4v) is 1.56. The predicted octanol–water partition coefficient (Wildman–Crippen LogP) is 4.73. The third-order valence-corrected chi connectivity index (χ3v) is 2.35. The standard InChI is InChI=1S/C14H18.C2H4/c1-3-5-9-13-11-7-8-12-14(13)10-6-4-2;1-2/h3-4,7-8,11-12H,1-2,5-6,9-10H2;1-2H2. The van der Waals surface area contributed by atoms with Crippen molar-refractivity contribution < 1.29 is 0 Å². The van der Waals surface area contributed by atoms with Crippen LogP contribution in [0.3, 0.4) is 0 Å². The molecule has 0 saturated heterocycles. The van der Waals surface area contributed by atoms with Crippen LogP contribution >= 0.6 is 0 Å². The molecule has 0 heteroatoms. The maximum atomic E-state index is 3.75. The summed E-state index contributed by atoms with van der Waals surface area (Å²) in [5.41, 5.74) is 2.91. The summed E-state index contributed by atoms with van der Waals surface area (Å²) in [6.45, 7) is 13.5. The average molecular weight is 214 g/mol. The first-order valence-corrected chi connectivity index (χ1v) is 5.67. The number of benzene rings is 1. The van der Waals surface area contributed by atoms with Crippen molar-refractivity contribution in [2.24, 2.45) is 0 Å². The van der Waals surface area contributed by atoms with Gasteiger partial charge in [-0.1, -0.05) is 36.4 Å². The molecule has 0 amide bonds. The fourth-order valence-electron chi connectivity index (χ4n) is 1.56. The van der Waals surface area contributed by atoms with Crippen LogP contribution in [0, 0.1) is 0 Å². The molecular formula is C16H22. The average Bonchev–Trinajstić information content (AvgIpc) is 2.37. The Kier molecular flexibility index (Phi) is 9.00. The van der Waals surface area contributed by atoms with E-state index < -0.39 is 0 Å². The minimum absolute atomic E-state index is 1.06. The Bertz CT molecular complexity index is 279. The molecule has 1 aromatic carbocycles. The van der Waals surface area contributed by atoms with Crippen LogP contribution in [-0.2, 0) is 12.8 Å². The van der Waals surface area contributed by atoms with Gasteiger partial charge in [-0.2, -0.15) is 0 Å². The van der Waals surface area contributed by atoms with Crippen molar-refractivity contribution in [2.75, 3.05) is 0 Å². The summed E-state index contributed by atoms with van der Waals surface area (Å²) in [5, 5.41) is 0. The molecule has 0 heterocycles. The highest BCUT2D eigenvalue weighted by Gasteiger charge is 1.99. The maximum Gasteiger partial charge on any atom is -0.0242 e. The van der Waals surface area contributed by atoms with Crippen molar-refractivity contribution in [2.45, 2.75) is 25.7 Å². The number of allylic oxidation sites excluding steroid dienone is 2. The van der Waals surface area contributed by atoms with Gasteiger partial charge in [0.2, 0.25) is 0 Å². The van der Waals surface area contributed by atoms with Crippen LogP contribution in [0.4, 0.5) is 0 Å². The molecule has 16 heavy (non-hydrogen) atoms. The van der Waals surface area contributed by atoms with E-state index in [-0.39, 0.29) is 0 Å². The normalized spacial score (nSPS) is 8.75. The highest BCUT2D eigenvalue weighted by molar-refractivity contribution is 5.27. The molecule has 0 fully saturated rings. The third-order valence-electron chi connectivity index (χ3n) is 2.35. The van der Waals surface area contributed by atoms with Gasteiger partial charge in [0.05, 0.1) is 0 Å². The smallest absolute Gasteiger partial charge is 0.0242 e. The molecule has 1 aromatic rings. The first-order chi connectivity index (χ1) is 7.88. The summed E-state index contributed by atoms with van der Waals surface area (Å²) in [5.74, 6) is 0. The Balaban J connectivity index is 0.00000106. The Morgan fingerprint density at radius 2 is 1.19 bits per heavy atom. The van der Waals surface area contributed by atoms with Crippen LogP contribution in [0.25, 0.3) is 0 Å². The summed E-state index contributed by atoms with van der Waals surface area (Å²) in [4.78, 5) is 0. The molecular weight excluding hydrogens is 192 g/mol. The molecule has 0 saturated carbocycles. The van der Waals surface area contributed by atoms with Gasteiger partial charge in [-0.15, -0.1) is 26.3 Å². The molecule has 86 valence electrons. The van der Waals surface area contributed by atoms with Crippen LogP contribution in [0.1, 0.15) is 24.0 Å². The van der Waals surface area contributed by atoms with E-state index in [2.05, 4.69) is 50.6 Å². The minimum Gasteiger partial charge on any atom is -0.106 e. The van der Waals surface area contributed by atoms with Gasteiger partial charge in [-0.05, 0) is 36.8 Å². The molecule has 0 radical (unpaired) electrons. The van der Waals surface area contributed by atoms with E-state index in [9.17, 15) is 0 Å². The first-order valence-electron chi connectivity index (χ1n) is 5.67. The van der Waals surface area contributed by atoms with E-state index in [0.29, 0.717) is 0 Å². The summed E-state index contributed by atoms with van der Waals surface area (Å²) in [7, 11) is 0. The highest BCUT2D eigenvalue weighted by atomic mass is 14.0. The summed E-state index contributed by atoms with van der Waals surface area (Å²) < 4.78 is 0. The third kappa shape index (κ3) is 5.35. The van der Waals surface area contributed by atoms with Crippen LogP contribution in [0.15, 0.2) is 62.7 Å². The lowest BCUT2D eigenvalue weighted by molar-refractivity contribution is 0.928. The van der Waals surface area contributed by atoms with Crippen LogP contribution in [0.2, 0.25) is 0 Å². The predicted molar refractivity (Wildman–Crippen MR) is 74.7 cm³/mol. The second kappa shape index (κ2) is 9.97. The lowest BCUT2D eigenvalue weighted by Gasteiger charge is -2.06. The second-order valence-electron chi connectivity index (χ2n) is 3.42. The Morgan fingerprint density at radius 3 is 1.50 bits per heavy atom. The van der Waals surface area contributed by atoms with E-state index in [1.54, 1.807) is 0 Å². The van der Waals surface area contributed by atoms with Crippen molar-refractivity contribution >= 4 is 0 Å². The van der Waals surface area contributed by atoms with Crippen molar-refractivity contribution in [1.82, 2.24) is 0 Å². The number of hydrogen-bond donors (Lipinski definition) is 0. The van der Waals surface area contributed by atoms with Gasteiger partial charge in [-0.3, -0.25) is 0 Å². The van der Waals surface area contributed by atoms with Gasteiger partial charge >= 0.3 is 0 Å². The molecule has 0 aliphatic carbocycles. The second-order valence-corrected chi connectivity index (χ2v) is 3.42. The number of rotatable bonds is 6. The van der Waals surface area contributed by atoms with E-state index in [0.717, 1.165) is 25.7 Å². The molecule has 0 bridgehead atoms. The molecule has 0 N–H and O–H groups in total. The van der Waals surface area contributed by atoms with Gasteiger partial charge in [-0.25, -0.2) is 0 Å². The van der Waals surface area contributed by atoms with Crippen LogP contribution in [-0.4, -0.2) is 0 Å². The van der Waals surface area contributed by atoms with E-state index in [1.165, 1.54) is 11.1 Å². The van der Waals surface area contributed by atoms with Crippen molar-refractivity contribution in [3.05, 3.63) is 73.9 Å². The minimum atomic E-state index is 1.06. The Labute approximate surface area is 100 Å². The summed E-state index contributed by atoms with van der Waals surface area (Å²) >= 11 is 0. The zero-order chi connectivity index (χ0) is 12.2. The van der Waals surface area contributed by atoms with E-state index in [4.69, 9.17) is 0 Å². The van der Waals surface area contributed by atoms with Crippen molar-refractivity contribution in [1.29, 1.82) is 0 Å². The first kappa shape index (κ1) is 14.4. The van der Waals surface area contributed by atoms with E-state index in [1.807, 2.05) is 12.2 Å². The van der Waals surface area contributed by atoms with Gasteiger partial charge in [0.25, 0.3) is 0 Å².